The van der Waals surface area contributed by atoms with Crippen molar-refractivity contribution in [3.05, 3.63) is 34.9 Å². The van der Waals surface area contributed by atoms with Crippen molar-refractivity contribution in [3.63, 3.8) is 0 Å². The number of benzene rings is 1. The Morgan fingerprint density at radius 1 is 1.48 bits per heavy atom. The third kappa shape index (κ3) is 5.58. The van der Waals surface area contributed by atoms with Crippen LogP contribution >= 0.6 is 0 Å². The minimum Gasteiger partial charge on any atom is -0.383 e. The van der Waals surface area contributed by atoms with Gasteiger partial charge in [-0.1, -0.05) is 31.3 Å². The average molecular weight is 288 g/mol. The quantitative estimate of drug-likeness (QED) is 0.785. The summed E-state index contributed by atoms with van der Waals surface area (Å²) in [6, 6.07) is 5.64. The van der Waals surface area contributed by atoms with Crippen molar-refractivity contribution >= 4 is 5.91 Å². The average Bonchev–Trinajstić information content (AvgIpc) is 2.46. The summed E-state index contributed by atoms with van der Waals surface area (Å²) in [5, 5.41) is 3.02. The maximum atomic E-state index is 12.4. The topological polar surface area (TPSA) is 64.3 Å². The third-order valence-electron chi connectivity index (χ3n) is 3.16. The zero-order chi connectivity index (χ0) is 15.7. The Kier molecular flexibility index (Phi) is 7.52. The van der Waals surface area contributed by atoms with E-state index in [2.05, 4.69) is 24.1 Å². The number of nitrogens with two attached hydrogens (primary N) is 1. The first-order valence-corrected chi connectivity index (χ1v) is 7.21. The largest absolute Gasteiger partial charge is 0.383 e. The Morgan fingerprint density at radius 2 is 2.24 bits per heavy atom. The van der Waals surface area contributed by atoms with E-state index >= 15 is 0 Å². The molecule has 1 rings (SSSR count). The Labute approximate surface area is 127 Å². The first-order chi connectivity index (χ1) is 10.1. The minimum absolute atomic E-state index is 0.0330. The van der Waals surface area contributed by atoms with Gasteiger partial charge in [0, 0.05) is 18.2 Å². The Balaban J connectivity index is 2.89. The standard InChI is InChI=1S/C17H24N2O2/c1-4-6-15(12-21-3)19-17(20)16-11-14(7-5-10-18)9-8-13(16)2/h8-9,11,15H,4,6,10,12,18H2,1-3H3,(H,19,20). The molecule has 1 aromatic carbocycles. The zero-order valence-corrected chi connectivity index (χ0v) is 13.0. The molecular formula is C17H24N2O2. The van der Waals surface area contributed by atoms with E-state index in [9.17, 15) is 4.79 Å². The van der Waals surface area contributed by atoms with E-state index in [1.54, 1.807) is 7.11 Å². The van der Waals surface area contributed by atoms with Gasteiger partial charge < -0.3 is 15.8 Å². The molecule has 3 N–H and O–H groups in total. The van der Waals surface area contributed by atoms with Crippen LogP contribution in [0.1, 0.15) is 41.3 Å². The monoisotopic (exact) mass is 288 g/mol. The molecule has 0 spiro atoms. The maximum Gasteiger partial charge on any atom is 0.251 e. The van der Waals surface area contributed by atoms with E-state index in [4.69, 9.17) is 10.5 Å². The molecule has 0 fully saturated rings. The van der Waals surface area contributed by atoms with Gasteiger partial charge in [-0.25, -0.2) is 0 Å². The fourth-order valence-electron chi connectivity index (χ4n) is 2.11. The van der Waals surface area contributed by atoms with Gasteiger partial charge in [0.05, 0.1) is 19.2 Å². The first-order valence-electron chi connectivity index (χ1n) is 7.21. The van der Waals surface area contributed by atoms with Gasteiger partial charge in [-0.05, 0) is 31.0 Å². The van der Waals surface area contributed by atoms with Gasteiger partial charge in [0.1, 0.15) is 0 Å². The number of hydrogen-bond donors (Lipinski definition) is 2. The van der Waals surface area contributed by atoms with E-state index in [-0.39, 0.29) is 11.9 Å². The van der Waals surface area contributed by atoms with Gasteiger partial charge in [0.25, 0.3) is 5.91 Å². The summed E-state index contributed by atoms with van der Waals surface area (Å²) in [5.74, 6) is 5.66. The highest BCUT2D eigenvalue weighted by atomic mass is 16.5. The molecule has 0 bridgehead atoms. The number of ether oxygens (including phenoxy) is 1. The summed E-state index contributed by atoms with van der Waals surface area (Å²) in [6.07, 6.45) is 1.89. The lowest BCUT2D eigenvalue weighted by Gasteiger charge is -2.18. The lowest BCUT2D eigenvalue weighted by molar-refractivity contribution is 0.0891. The highest BCUT2D eigenvalue weighted by Gasteiger charge is 2.15. The van der Waals surface area contributed by atoms with Crippen molar-refractivity contribution < 1.29 is 9.53 Å². The molecule has 0 heterocycles. The fraction of sp³-hybridized carbons (Fsp3) is 0.471. The van der Waals surface area contributed by atoms with Crippen LogP contribution in [-0.2, 0) is 4.74 Å². The second-order valence-corrected chi connectivity index (χ2v) is 4.95. The molecule has 0 saturated heterocycles. The number of carbonyl (C=O) groups is 1. The zero-order valence-electron chi connectivity index (χ0n) is 13.0. The molecule has 114 valence electrons. The number of aryl methyl sites for hydroxylation is 1. The summed E-state index contributed by atoms with van der Waals surface area (Å²) < 4.78 is 5.15. The summed E-state index contributed by atoms with van der Waals surface area (Å²) in [7, 11) is 1.64. The van der Waals surface area contributed by atoms with Gasteiger partial charge in [-0.15, -0.1) is 0 Å². The second-order valence-electron chi connectivity index (χ2n) is 4.95. The number of rotatable bonds is 6. The van der Waals surface area contributed by atoms with Crippen molar-refractivity contribution in [1.82, 2.24) is 5.32 Å². The molecular weight excluding hydrogens is 264 g/mol. The van der Waals surface area contributed by atoms with Gasteiger partial charge in [0.15, 0.2) is 0 Å². The summed E-state index contributed by atoms with van der Waals surface area (Å²) in [5.41, 5.74) is 7.75. The van der Waals surface area contributed by atoms with Crippen LogP contribution in [0.15, 0.2) is 18.2 Å². The van der Waals surface area contributed by atoms with Crippen molar-refractivity contribution in [2.45, 2.75) is 32.7 Å². The summed E-state index contributed by atoms with van der Waals surface area (Å²) in [4.78, 5) is 12.4. The summed E-state index contributed by atoms with van der Waals surface area (Å²) in [6.45, 7) is 4.83. The molecule has 1 aromatic rings. The molecule has 0 radical (unpaired) electrons. The van der Waals surface area contributed by atoms with E-state index in [0.717, 1.165) is 24.0 Å². The van der Waals surface area contributed by atoms with E-state index in [1.807, 2.05) is 25.1 Å². The molecule has 0 saturated carbocycles. The molecule has 0 aliphatic rings. The highest BCUT2D eigenvalue weighted by molar-refractivity contribution is 5.96. The molecule has 0 aliphatic heterocycles. The predicted octanol–water partition coefficient (Wildman–Crippen LogP) is 1.85. The normalized spacial score (nSPS) is 11.4. The minimum atomic E-state index is -0.0839. The highest BCUT2D eigenvalue weighted by Crippen LogP contribution is 2.11. The fourth-order valence-corrected chi connectivity index (χ4v) is 2.11. The van der Waals surface area contributed by atoms with Crippen molar-refractivity contribution in [3.8, 4) is 11.8 Å². The van der Waals surface area contributed by atoms with E-state index in [1.165, 1.54) is 0 Å². The Hall–Kier alpha value is -1.83. The van der Waals surface area contributed by atoms with Crippen LogP contribution < -0.4 is 11.1 Å². The SMILES string of the molecule is CCCC(COC)NC(=O)c1cc(C#CCN)ccc1C. The van der Waals surface area contributed by atoms with Crippen LogP contribution in [0.2, 0.25) is 0 Å². The Morgan fingerprint density at radius 3 is 2.86 bits per heavy atom. The number of methoxy groups -OCH3 is 1. The predicted molar refractivity (Wildman–Crippen MR) is 85.1 cm³/mol. The molecule has 4 heteroatoms. The van der Waals surface area contributed by atoms with E-state index in [0.29, 0.717) is 18.7 Å². The lowest BCUT2D eigenvalue weighted by Crippen LogP contribution is -2.38. The summed E-state index contributed by atoms with van der Waals surface area (Å²) >= 11 is 0. The number of hydrogen-bond acceptors (Lipinski definition) is 3. The van der Waals surface area contributed by atoms with Gasteiger partial charge in [-0.2, -0.15) is 0 Å². The second kappa shape index (κ2) is 9.17. The molecule has 4 nitrogen and oxygen atoms in total. The number of nitrogens with one attached hydrogen (secondary N) is 1. The lowest BCUT2D eigenvalue weighted by atomic mass is 10.0. The number of amides is 1. The molecule has 1 unspecified atom stereocenters. The molecule has 0 aliphatic carbocycles. The van der Waals surface area contributed by atoms with Crippen LogP contribution in [0.3, 0.4) is 0 Å². The van der Waals surface area contributed by atoms with Crippen LogP contribution in [-0.4, -0.2) is 32.2 Å². The van der Waals surface area contributed by atoms with Crippen molar-refractivity contribution in [1.29, 1.82) is 0 Å². The first kappa shape index (κ1) is 17.2. The van der Waals surface area contributed by atoms with E-state index < -0.39 is 0 Å². The van der Waals surface area contributed by atoms with Crippen LogP contribution in [0, 0.1) is 18.8 Å². The molecule has 21 heavy (non-hydrogen) atoms. The maximum absolute atomic E-state index is 12.4. The smallest absolute Gasteiger partial charge is 0.251 e. The molecule has 1 atom stereocenters. The van der Waals surface area contributed by atoms with Gasteiger partial charge >= 0.3 is 0 Å². The molecule has 1 amide bonds. The van der Waals surface area contributed by atoms with Crippen LogP contribution in [0.4, 0.5) is 0 Å². The molecule has 0 aromatic heterocycles. The third-order valence-corrected chi connectivity index (χ3v) is 3.16. The Bertz CT molecular complexity index is 523. The van der Waals surface area contributed by atoms with Crippen LogP contribution in [0.5, 0.6) is 0 Å². The number of carbonyl (C=O) groups excluding carboxylic acids is 1. The van der Waals surface area contributed by atoms with Crippen LogP contribution in [0.25, 0.3) is 0 Å². The van der Waals surface area contributed by atoms with Gasteiger partial charge in [0.2, 0.25) is 0 Å². The van der Waals surface area contributed by atoms with Crippen molar-refractivity contribution in [2.24, 2.45) is 5.73 Å². The van der Waals surface area contributed by atoms with Gasteiger partial charge in [-0.3, -0.25) is 4.79 Å². The van der Waals surface area contributed by atoms with Crippen molar-refractivity contribution in [2.75, 3.05) is 20.3 Å².